The Morgan fingerprint density at radius 2 is 2.12 bits per heavy atom. The quantitative estimate of drug-likeness (QED) is 0.846. The van der Waals surface area contributed by atoms with Crippen LogP contribution in [0, 0.1) is 13.8 Å². The van der Waals surface area contributed by atoms with Crippen molar-refractivity contribution in [3.05, 3.63) is 17.2 Å². The van der Waals surface area contributed by atoms with Crippen LogP contribution in [0.25, 0.3) is 0 Å². The molecular formula is C9H13N5S2. The first-order valence-corrected chi connectivity index (χ1v) is 6.58. The van der Waals surface area contributed by atoms with E-state index in [0.717, 1.165) is 21.6 Å². The van der Waals surface area contributed by atoms with Gasteiger partial charge in [-0.3, -0.25) is 0 Å². The highest BCUT2D eigenvalue weighted by atomic mass is 32.2. The molecule has 7 heteroatoms. The van der Waals surface area contributed by atoms with E-state index in [2.05, 4.69) is 26.7 Å². The summed E-state index contributed by atoms with van der Waals surface area (Å²) in [5.74, 6) is 1.84. The van der Waals surface area contributed by atoms with Crippen LogP contribution in [0.2, 0.25) is 0 Å². The molecule has 2 aromatic rings. The van der Waals surface area contributed by atoms with Crippen molar-refractivity contribution in [1.29, 1.82) is 0 Å². The Morgan fingerprint density at radius 1 is 1.38 bits per heavy atom. The van der Waals surface area contributed by atoms with Crippen LogP contribution in [0.5, 0.6) is 0 Å². The molecule has 0 saturated carbocycles. The van der Waals surface area contributed by atoms with Crippen LogP contribution in [-0.4, -0.2) is 19.7 Å². The van der Waals surface area contributed by atoms with E-state index in [-0.39, 0.29) is 0 Å². The van der Waals surface area contributed by atoms with Crippen molar-refractivity contribution in [1.82, 2.24) is 19.7 Å². The number of aromatic nitrogens is 4. The van der Waals surface area contributed by atoms with Gasteiger partial charge in [0, 0.05) is 12.7 Å². The number of anilines is 1. The van der Waals surface area contributed by atoms with E-state index < -0.39 is 0 Å². The van der Waals surface area contributed by atoms with Gasteiger partial charge in [-0.25, -0.2) is 4.98 Å². The van der Waals surface area contributed by atoms with Crippen molar-refractivity contribution < 1.29 is 0 Å². The molecule has 0 atom stereocenters. The summed E-state index contributed by atoms with van der Waals surface area (Å²) >= 11 is 3.02. The Hall–Kier alpha value is -1.08. The van der Waals surface area contributed by atoms with Gasteiger partial charge in [0.25, 0.3) is 0 Å². The van der Waals surface area contributed by atoms with E-state index in [9.17, 15) is 0 Å². The second-order valence-corrected chi connectivity index (χ2v) is 5.68. The second kappa shape index (κ2) is 4.42. The number of hydrogen-bond donors (Lipinski definition) is 1. The van der Waals surface area contributed by atoms with E-state index in [0.29, 0.717) is 5.13 Å². The Bertz CT molecular complexity index is 502. The first-order valence-electron chi connectivity index (χ1n) is 4.78. The predicted octanol–water partition coefficient (Wildman–Crippen LogP) is 1.76. The lowest BCUT2D eigenvalue weighted by Gasteiger charge is -2.00. The van der Waals surface area contributed by atoms with Gasteiger partial charge in [0.15, 0.2) is 4.34 Å². The fourth-order valence-corrected chi connectivity index (χ4v) is 2.94. The van der Waals surface area contributed by atoms with Gasteiger partial charge in [-0.05, 0) is 13.8 Å². The van der Waals surface area contributed by atoms with Gasteiger partial charge >= 0.3 is 0 Å². The Balaban J connectivity index is 2.07. The highest BCUT2D eigenvalue weighted by Gasteiger charge is 2.09. The van der Waals surface area contributed by atoms with E-state index in [1.165, 1.54) is 17.0 Å². The van der Waals surface area contributed by atoms with Crippen molar-refractivity contribution >= 4 is 28.2 Å². The molecule has 0 bridgehead atoms. The Morgan fingerprint density at radius 3 is 2.62 bits per heavy atom. The van der Waals surface area contributed by atoms with Crippen LogP contribution in [-0.2, 0) is 12.8 Å². The molecule has 86 valence electrons. The number of nitrogens with zero attached hydrogens (tertiary/aromatic N) is 4. The van der Waals surface area contributed by atoms with E-state index in [1.807, 2.05) is 14.0 Å². The summed E-state index contributed by atoms with van der Waals surface area (Å²) in [5, 5.41) is 8.24. The molecular weight excluding hydrogens is 242 g/mol. The van der Waals surface area contributed by atoms with Crippen LogP contribution in [0.4, 0.5) is 5.13 Å². The number of nitrogens with two attached hydrogens (primary N) is 1. The standard InChI is InChI=1S/C9H13N5S2/c1-5-6(2)14(3)7(11-5)4-15-9-13-12-8(10)16-9/h4H2,1-3H3,(H2,10,12). The van der Waals surface area contributed by atoms with Gasteiger partial charge in [-0.15, -0.1) is 10.2 Å². The van der Waals surface area contributed by atoms with Crippen molar-refractivity contribution in [2.24, 2.45) is 7.05 Å². The molecule has 0 radical (unpaired) electrons. The van der Waals surface area contributed by atoms with Gasteiger partial charge in [0.1, 0.15) is 5.82 Å². The lowest BCUT2D eigenvalue weighted by molar-refractivity contribution is 0.819. The number of nitrogen functional groups attached to an aromatic ring is 1. The Kier molecular flexibility index (Phi) is 3.15. The minimum absolute atomic E-state index is 0.509. The maximum absolute atomic E-state index is 5.52. The third kappa shape index (κ3) is 2.19. The van der Waals surface area contributed by atoms with Crippen LogP contribution >= 0.6 is 23.1 Å². The largest absolute Gasteiger partial charge is 0.374 e. The summed E-state index contributed by atoms with van der Waals surface area (Å²) in [6.07, 6.45) is 0. The molecule has 0 spiro atoms. The predicted molar refractivity (Wildman–Crippen MR) is 66.6 cm³/mol. The van der Waals surface area contributed by atoms with Crippen LogP contribution in [0.1, 0.15) is 17.2 Å². The zero-order valence-electron chi connectivity index (χ0n) is 9.39. The van der Waals surface area contributed by atoms with Gasteiger partial charge in [0.2, 0.25) is 5.13 Å². The molecule has 2 aromatic heterocycles. The van der Waals surface area contributed by atoms with Crippen molar-refractivity contribution in [2.75, 3.05) is 5.73 Å². The summed E-state index contributed by atoms with van der Waals surface area (Å²) in [6, 6.07) is 0. The smallest absolute Gasteiger partial charge is 0.203 e. The second-order valence-electron chi connectivity index (χ2n) is 3.45. The van der Waals surface area contributed by atoms with Crippen molar-refractivity contribution in [3.8, 4) is 0 Å². The zero-order chi connectivity index (χ0) is 11.7. The van der Waals surface area contributed by atoms with Gasteiger partial charge in [-0.2, -0.15) is 0 Å². The first kappa shape index (κ1) is 11.4. The minimum Gasteiger partial charge on any atom is -0.374 e. The molecule has 0 saturated heterocycles. The van der Waals surface area contributed by atoms with Crippen LogP contribution in [0.3, 0.4) is 0 Å². The lowest BCUT2D eigenvalue weighted by atomic mass is 10.4. The van der Waals surface area contributed by atoms with Crippen molar-refractivity contribution in [2.45, 2.75) is 23.9 Å². The number of rotatable bonds is 3. The number of imidazole rings is 1. The summed E-state index contributed by atoms with van der Waals surface area (Å²) in [7, 11) is 2.03. The van der Waals surface area contributed by atoms with Gasteiger partial charge < -0.3 is 10.3 Å². The summed E-state index contributed by atoms with van der Waals surface area (Å²) in [4.78, 5) is 4.50. The third-order valence-corrected chi connectivity index (χ3v) is 4.34. The molecule has 5 nitrogen and oxygen atoms in total. The molecule has 0 amide bonds. The molecule has 0 aromatic carbocycles. The van der Waals surface area contributed by atoms with Gasteiger partial charge in [-0.1, -0.05) is 23.1 Å². The van der Waals surface area contributed by atoms with E-state index >= 15 is 0 Å². The fourth-order valence-electron chi connectivity index (χ4n) is 1.32. The van der Waals surface area contributed by atoms with Gasteiger partial charge in [0.05, 0.1) is 11.4 Å². The number of aryl methyl sites for hydroxylation is 1. The molecule has 0 unspecified atom stereocenters. The molecule has 2 heterocycles. The topological polar surface area (TPSA) is 69.6 Å². The maximum Gasteiger partial charge on any atom is 0.203 e. The SMILES string of the molecule is Cc1nc(CSc2nnc(N)s2)n(C)c1C. The third-order valence-electron chi connectivity index (χ3n) is 2.46. The minimum atomic E-state index is 0.509. The maximum atomic E-state index is 5.52. The highest BCUT2D eigenvalue weighted by molar-refractivity contribution is 8.00. The summed E-state index contributed by atoms with van der Waals surface area (Å²) in [6.45, 7) is 4.09. The monoisotopic (exact) mass is 255 g/mol. The Labute approximate surface area is 102 Å². The molecule has 0 aliphatic carbocycles. The van der Waals surface area contributed by atoms with Crippen LogP contribution < -0.4 is 5.73 Å². The van der Waals surface area contributed by atoms with E-state index in [4.69, 9.17) is 5.73 Å². The first-order chi connectivity index (χ1) is 7.58. The van der Waals surface area contributed by atoms with E-state index in [1.54, 1.807) is 11.8 Å². The molecule has 2 N–H and O–H groups in total. The molecule has 0 aliphatic heterocycles. The number of thioether (sulfide) groups is 1. The summed E-state index contributed by atoms with van der Waals surface area (Å²) < 4.78 is 2.99. The molecule has 0 fully saturated rings. The highest BCUT2D eigenvalue weighted by Crippen LogP contribution is 2.26. The average molecular weight is 255 g/mol. The molecule has 2 rings (SSSR count). The number of hydrogen-bond acceptors (Lipinski definition) is 6. The lowest BCUT2D eigenvalue weighted by Crippen LogP contribution is -1.97. The van der Waals surface area contributed by atoms with Crippen LogP contribution in [0.15, 0.2) is 4.34 Å². The molecule has 16 heavy (non-hydrogen) atoms. The fraction of sp³-hybridized carbons (Fsp3) is 0.444. The normalized spacial score (nSPS) is 10.9. The zero-order valence-corrected chi connectivity index (χ0v) is 11.0. The molecule has 0 aliphatic rings. The van der Waals surface area contributed by atoms with Crippen molar-refractivity contribution in [3.63, 3.8) is 0 Å². The summed E-state index contributed by atoms with van der Waals surface area (Å²) in [5.41, 5.74) is 7.80. The average Bonchev–Trinajstić information content (AvgIpc) is 2.76.